The molecular formula is C17H14ClFN2O4S. The number of hydrogen-bond donors (Lipinski definition) is 1. The van der Waals surface area contributed by atoms with Gasteiger partial charge in [-0.2, -0.15) is 0 Å². The van der Waals surface area contributed by atoms with Crippen LogP contribution >= 0.6 is 11.6 Å². The average Bonchev–Trinajstić information content (AvgIpc) is 2.98. The summed E-state index contributed by atoms with van der Waals surface area (Å²) in [5.41, 5.74) is 0.390. The second-order valence-electron chi connectivity index (χ2n) is 5.70. The Kier molecular flexibility index (Phi) is 4.97. The minimum atomic E-state index is -4.27. The molecule has 1 aliphatic rings. The van der Waals surface area contributed by atoms with Gasteiger partial charge in [-0.05, 0) is 48.9 Å². The van der Waals surface area contributed by atoms with Crippen LogP contribution in [0.5, 0.6) is 0 Å². The molecule has 3 rings (SSSR count). The normalized spacial score (nSPS) is 17.4. The van der Waals surface area contributed by atoms with Gasteiger partial charge in [0.05, 0.1) is 4.90 Å². The van der Waals surface area contributed by atoms with Crippen LogP contribution in [-0.4, -0.2) is 30.6 Å². The van der Waals surface area contributed by atoms with Crippen molar-refractivity contribution in [1.29, 1.82) is 0 Å². The molecule has 1 heterocycles. The molecule has 1 fully saturated rings. The molecule has 1 saturated heterocycles. The minimum Gasteiger partial charge on any atom is -0.324 e. The van der Waals surface area contributed by atoms with Crippen molar-refractivity contribution in [1.82, 2.24) is 4.31 Å². The maximum absolute atomic E-state index is 13.1. The average molecular weight is 397 g/mol. The van der Waals surface area contributed by atoms with Crippen molar-refractivity contribution in [3.63, 3.8) is 0 Å². The lowest BCUT2D eigenvalue weighted by Gasteiger charge is -2.23. The maximum atomic E-state index is 13.1. The van der Waals surface area contributed by atoms with Crippen LogP contribution in [-0.2, 0) is 19.6 Å². The van der Waals surface area contributed by atoms with Crippen molar-refractivity contribution >= 4 is 39.1 Å². The van der Waals surface area contributed by atoms with E-state index >= 15 is 0 Å². The summed E-state index contributed by atoms with van der Waals surface area (Å²) in [6.45, 7) is 0. The first-order chi connectivity index (χ1) is 12.3. The number of nitrogens with one attached hydrogen (secondary N) is 1. The molecule has 1 aliphatic heterocycles. The molecule has 0 bridgehead atoms. The summed E-state index contributed by atoms with van der Waals surface area (Å²) < 4.78 is 39.1. The Labute approximate surface area is 154 Å². The lowest BCUT2D eigenvalue weighted by Crippen LogP contribution is -2.45. The molecule has 2 aromatic rings. The van der Waals surface area contributed by atoms with Crippen LogP contribution in [0.1, 0.15) is 12.8 Å². The monoisotopic (exact) mass is 396 g/mol. The van der Waals surface area contributed by atoms with E-state index in [1.54, 1.807) is 18.2 Å². The van der Waals surface area contributed by atoms with Crippen LogP contribution in [0.2, 0.25) is 5.02 Å². The zero-order valence-corrected chi connectivity index (χ0v) is 14.9. The Balaban J connectivity index is 1.88. The number of carbonyl (C=O) groups excluding carboxylic acids is 2. The van der Waals surface area contributed by atoms with Crippen molar-refractivity contribution in [3.05, 3.63) is 59.4 Å². The Bertz CT molecular complexity index is 963. The molecule has 6 nitrogen and oxygen atoms in total. The van der Waals surface area contributed by atoms with Gasteiger partial charge in [0.2, 0.25) is 11.8 Å². The molecule has 1 N–H and O–H groups in total. The smallest absolute Gasteiger partial charge is 0.267 e. The highest BCUT2D eigenvalue weighted by molar-refractivity contribution is 7.89. The number of amides is 2. The fourth-order valence-electron chi connectivity index (χ4n) is 2.71. The van der Waals surface area contributed by atoms with Crippen molar-refractivity contribution in [3.8, 4) is 0 Å². The molecule has 0 aliphatic carbocycles. The minimum absolute atomic E-state index is 0.0612. The molecule has 1 atom stereocenters. The summed E-state index contributed by atoms with van der Waals surface area (Å²) in [6.07, 6.45) is -0.0142. The van der Waals surface area contributed by atoms with Gasteiger partial charge >= 0.3 is 0 Å². The van der Waals surface area contributed by atoms with E-state index in [1.807, 2.05) is 0 Å². The number of halogens is 2. The van der Waals surface area contributed by atoms with Crippen LogP contribution in [0.4, 0.5) is 10.1 Å². The summed E-state index contributed by atoms with van der Waals surface area (Å²) in [7, 11) is -4.27. The third-order valence-corrected chi connectivity index (χ3v) is 6.00. The van der Waals surface area contributed by atoms with Crippen LogP contribution < -0.4 is 5.32 Å². The first-order valence-electron chi connectivity index (χ1n) is 7.68. The van der Waals surface area contributed by atoms with Crippen LogP contribution in [0.15, 0.2) is 53.4 Å². The predicted octanol–water partition coefficient (Wildman–Crippen LogP) is 2.80. The Morgan fingerprint density at radius 2 is 1.88 bits per heavy atom. The number of rotatable bonds is 4. The second kappa shape index (κ2) is 7.05. The van der Waals surface area contributed by atoms with Crippen molar-refractivity contribution in [2.45, 2.75) is 23.8 Å². The maximum Gasteiger partial charge on any atom is 0.267 e. The molecule has 0 aromatic heterocycles. The molecule has 0 saturated carbocycles. The number of sulfonamides is 1. The molecule has 136 valence electrons. The van der Waals surface area contributed by atoms with Gasteiger partial charge in [0.15, 0.2) is 0 Å². The number of benzene rings is 2. The van der Waals surface area contributed by atoms with E-state index in [9.17, 15) is 22.4 Å². The molecule has 2 amide bonds. The highest BCUT2D eigenvalue weighted by Gasteiger charge is 2.44. The summed E-state index contributed by atoms with van der Waals surface area (Å²) in [5.74, 6) is -1.92. The van der Waals surface area contributed by atoms with Gasteiger partial charge in [-0.15, -0.1) is 0 Å². The highest BCUT2D eigenvalue weighted by atomic mass is 35.5. The topological polar surface area (TPSA) is 83.6 Å². The van der Waals surface area contributed by atoms with E-state index < -0.39 is 33.7 Å². The van der Waals surface area contributed by atoms with E-state index in [-0.39, 0.29) is 17.7 Å². The largest absolute Gasteiger partial charge is 0.324 e. The van der Waals surface area contributed by atoms with Crippen molar-refractivity contribution in [2.24, 2.45) is 0 Å². The summed E-state index contributed by atoms with van der Waals surface area (Å²) in [4.78, 5) is 24.4. The van der Waals surface area contributed by atoms with Crippen LogP contribution in [0, 0.1) is 5.82 Å². The zero-order chi connectivity index (χ0) is 18.9. The molecular weight excluding hydrogens is 383 g/mol. The van der Waals surface area contributed by atoms with Crippen molar-refractivity contribution in [2.75, 3.05) is 5.32 Å². The lowest BCUT2D eigenvalue weighted by molar-refractivity contribution is -0.128. The molecule has 0 radical (unpaired) electrons. The van der Waals surface area contributed by atoms with E-state index in [0.717, 1.165) is 24.3 Å². The number of hydrogen-bond acceptors (Lipinski definition) is 4. The van der Waals surface area contributed by atoms with Gasteiger partial charge in [-0.25, -0.2) is 17.1 Å². The molecule has 0 unspecified atom stereocenters. The van der Waals surface area contributed by atoms with E-state index in [2.05, 4.69) is 5.32 Å². The van der Waals surface area contributed by atoms with E-state index in [4.69, 9.17) is 11.6 Å². The van der Waals surface area contributed by atoms with Crippen molar-refractivity contribution < 1.29 is 22.4 Å². The predicted molar refractivity (Wildman–Crippen MR) is 93.5 cm³/mol. The van der Waals surface area contributed by atoms with Gasteiger partial charge in [0, 0.05) is 17.1 Å². The SMILES string of the molecule is O=C(Nc1cccc(Cl)c1)[C@@H]1CCC(=O)N1S(=O)(=O)c1ccc(F)cc1. The summed E-state index contributed by atoms with van der Waals surface area (Å²) in [5, 5.41) is 2.97. The number of carbonyl (C=O) groups is 2. The second-order valence-corrected chi connectivity index (χ2v) is 7.95. The first-order valence-corrected chi connectivity index (χ1v) is 9.50. The van der Waals surface area contributed by atoms with Crippen LogP contribution in [0.3, 0.4) is 0 Å². The first kappa shape index (κ1) is 18.3. The lowest BCUT2D eigenvalue weighted by atomic mass is 10.2. The van der Waals surface area contributed by atoms with Gasteiger partial charge in [0.25, 0.3) is 10.0 Å². The molecule has 0 spiro atoms. The van der Waals surface area contributed by atoms with Gasteiger partial charge in [-0.3, -0.25) is 9.59 Å². The summed E-state index contributed by atoms with van der Waals surface area (Å²) in [6, 6.07) is 9.25. The summed E-state index contributed by atoms with van der Waals surface area (Å²) >= 11 is 5.86. The fourth-order valence-corrected chi connectivity index (χ4v) is 4.51. The number of nitrogens with zero attached hydrogens (tertiary/aromatic N) is 1. The zero-order valence-electron chi connectivity index (χ0n) is 13.4. The third kappa shape index (κ3) is 3.56. The van der Waals surface area contributed by atoms with Gasteiger partial charge in [-0.1, -0.05) is 17.7 Å². The Morgan fingerprint density at radius 3 is 2.54 bits per heavy atom. The Hall–Kier alpha value is -2.45. The quantitative estimate of drug-likeness (QED) is 0.861. The molecule has 9 heteroatoms. The highest BCUT2D eigenvalue weighted by Crippen LogP contribution is 2.28. The van der Waals surface area contributed by atoms with Gasteiger partial charge in [0.1, 0.15) is 11.9 Å². The van der Waals surface area contributed by atoms with Crippen LogP contribution in [0.25, 0.3) is 0 Å². The fraction of sp³-hybridized carbons (Fsp3) is 0.176. The third-order valence-electron chi connectivity index (χ3n) is 3.93. The van der Waals surface area contributed by atoms with Gasteiger partial charge < -0.3 is 5.32 Å². The Morgan fingerprint density at radius 1 is 1.19 bits per heavy atom. The van der Waals surface area contributed by atoms with E-state index in [1.165, 1.54) is 6.07 Å². The standard InChI is InChI=1S/C17H14ClFN2O4S/c18-11-2-1-3-13(10-11)20-17(23)15-8-9-16(22)21(15)26(24,25)14-6-4-12(19)5-7-14/h1-7,10,15H,8-9H2,(H,20,23)/t15-/m0/s1. The van der Waals surface area contributed by atoms with E-state index in [0.29, 0.717) is 15.0 Å². The molecule has 26 heavy (non-hydrogen) atoms. The number of anilines is 1. The molecule has 2 aromatic carbocycles.